The Morgan fingerprint density at radius 2 is 1.80 bits per heavy atom. The molecule has 0 aromatic carbocycles. The molecule has 0 amide bonds. The van der Waals surface area contributed by atoms with Crippen molar-refractivity contribution in [3.8, 4) is 0 Å². The van der Waals surface area contributed by atoms with E-state index in [4.69, 9.17) is 11.6 Å². The van der Waals surface area contributed by atoms with Gasteiger partial charge in [0.15, 0.2) is 0 Å². The summed E-state index contributed by atoms with van der Waals surface area (Å²) in [6, 6.07) is 0. The van der Waals surface area contributed by atoms with Crippen LogP contribution in [0.1, 0.15) is 32.1 Å². The van der Waals surface area contributed by atoms with Crippen LogP contribution in [0.4, 0.5) is 0 Å². The van der Waals surface area contributed by atoms with Crippen molar-refractivity contribution in [2.45, 2.75) is 32.1 Å². The van der Waals surface area contributed by atoms with Crippen molar-refractivity contribution in [2.75, 3.05) is 5.88 Å². The van der Waals surface area contributed by atoms with Gasteiger partial charge in [-0.1, -0.05) is 12.8 Å². The Hall–Kier alpha value is -0.240. The molecule has 0 aromatic rings. The summed E-state index contributed by atoms with van der Waals surface area (Å²) in [7, 11) is 0. The van der Waals surface area contributed by atoms with Gasteiger partial charge in [-0.3, -0.25) is 0 Å². The fourth-order valence-corrected chi connectivity index (χ4v) is 0.906. The highest BCUT2D eigenvalue weighted by Crippen LogP contribution is 2.02. The molecular weight excluding hydrogens is 152 g/mol. The van der Waals surface area contributed by atoms with Gasteiger partial charge >= 0.3 is 0 Å². The molecule has 0 unspecified atom stereocenters. The number of alkyl halides is 1. The Balaban J connectivity index is 2.84. The van der Waals surface area contributed by atoms with Crippen molar-refractivity contribution in [1.29, 1.82) is 0 Å². The third-order valence-electron chi connectivity index (χ3n) is 1.26. The third kappa shape index (κ3) is 7.76. The molecule has 0 radical (unpaired) electrons. The number of carbonyl (C=O) groups is 1. The van der Waals surface area contributed by atoms with Gasteiger partial charge in [0, 0.05) is 11.8 Å². The van der Waals surface area contributed by atoms with E-state index in [1.807, 2.05) is 0 Å². The first-order chi connectivity index (χ1) is 4.77. The van der Waals surface area contributed by atoms with Gasteiger partial charge in [-0.25, -0.2) is 0 Å². The molecule has 0 rings (SSSR count). The molecule has 60 valence electrons. The van der Waals surface area contributed by atoms with E-state index in [9.17, 15) is 9.90 Å². The van der Waals surface area contributed by atoms with E-state index < -0.39 is 5.97 Å². The van der Waals surface area contributed by atoms with Crippen LogP contribution in [0.5, 0.6) is 0 Å². The molecule has 0 fully saturated rings. The molecule has 0 heterocycles. The van der Waals surface area contributed by atoms with Gasteiger partial charge in [-0.05, 0) is 19.3 Å². The lowest BCUT2D eigenvalue weighted by molar-refractivity contribution is -0.305. The Morgan fingerprint density at radius 1 is 1.20 bits per heavy atom. The molecule has 0 saturated carbocycles. The predicted molar refractivity (Wildman–Crippen MR) is 38.8 cm³/mol. The maximum absolute atomic E-state index is 9.89. The highest BCUT2D eigenvalue weighted by atomic mass is 35.5. The van der Waals surface area contributed by atoms with E-state index >= 15 is 0 Å². The van der Waals surface area contributed by atoms with E-state index in [0.717, 1.165) is 25.7 Å². The highest BCUT2D eigenvalue weighted by Gasteiger charge is 1.88. The Morgan fingerprint density at radius 3 is 2.30 bits per heavy atom. The van der Waals surface area contributed by atoms with Crippen LogP contribution in [0.3, 0.4) is 0 Å². The molecule has 10 heavy (non-hydrogen) atoms. The standard InChI is InChI=1S/C7H13ClO2/c8-6-4-2-1-3-5-7(9)10/h1-6H2,(H,9,10)/p-1. The first-order valence-electron chi connectivity index (χ1n) is 3.53. The van der Waals surface area contributed by atoms with Crippen LogP contribution in [0, 0.1) is 0 Å². The van der Waals surface area contributed by atoms with Crippen molar-refractivity contribution in [3.63, 3.8) is 0 Å². The fourth-order valence-electron chi connectivity index (χ4n) is 0.717. The predicted octanol–water partition coefficient (Wildman–Crippen LogP) is 0.926. The molecule has 0 aromatic heterocycles. The number of aliphatic carboxylic acids is 1. The summed E-state index contributed by atoms with van der Waals surface area (Å²) in [5.41, 5.74) is 0. The van der Waals surface area contributed by atoms with Crippen LogP contribution in [-0.4, -0.2) is 11.8 Å². The Bertz CT molecular complexity index is 93.6. The summed E-state index contributed by atoms with van der Waals surface area (Å²) in [4.78, 5) is 9.89. The second-order valence-corrected chi connectivity index (χ2v) is 2.60. The number of rotatable bonds is 6. The zero-order valence-electron chi connectivity index (χ0n) is 5.94. The van der Waals surface area contributed by atoms with Crippen LogP contribution >= 0.6 is 11.6 Å². The minimum Gasteiger partial charge on any atom is -0.550 e. The van der Waals surface area contributed by atoms with Crippen molar-refractivity contribution in [1.82, 2.24) is 0 Å². The SMILES string of the molecule is O=C([O-])CCCCCCCl. The quantitative estimate of drug-likeness (QED) is 0.432. The fraction of sp³-hybridized carbons (Fsp3) is 0.857. The molecule has 0 N–H and O–H groups in total. The van der Waals surface area contributed by atoms with E-state index in [1.54, 1.807) is 0 Å². The van der Waals surface area contributed by atoms with Crippen molar-refractivity contribution in [3.05, 3.63) is 0 Å². The average molecular weight is 164 g/mol. The number of unbranched alkanes of at least 4 members (excludes halogenated alkanes) is 3. The van der Waals surface area contributed by atoms with E-state index in [-0.39, 0.29) is 6.42 Å². The molecule has 2 nitrogen and oxygen atoms in total. The smallest absolute Gasteiger partial charge is 0.0414 e. The maximum atomic E-state index is 9.89. The van der Waals surface area contributed by atoms with Gasteiger partial charge in [0.2, 0.25) is 0 Å². The molecule has 0 atom stereocenters. The Labute approximate surface area is 66.2 Å². The zero-order valence-corrected chi connectivity index (χ0v) is 6.69. The van der Waals surface area contributed by atoms with E-state index in [2.05, 4.69) is 0 Å². The lowest BCUT2D eigenvalue weighted by atomic mass is 10.2. The summed E-state index contributed by atoms with van der Waals surface area (Å²) < 4.78 is 0. The van der Waals surface area contributed by atoms with Crippen LogP contribution in [-0.2, 0) is 4.79 Å². The molecule has 0 spiro atoms. The summed E-state index contributed by atoms with van der Waals surface area (Å²) in [5.74, 6) is -0.281. The van der Waals surface area contributed by atoms with Gasteiger partial charge in [-0.2, -0.15) is 0 Å². The number of carboxylic acids is 1. The lowest BCUT2D eigenvalue weighted by Crippen LogP contribution is -2.21. The van der Waals surface area contributed by atoms with Crippen LogP contribution in [0.2, 0.25) is 0 Å². The maximum Gasteiger partial charge on any atom is 0.0414 e. The lowest BCUT2D eigenvalue weighted by Gasteiger charge is -1.99. The minimum atomic E-state index is -0.953. The van der Waals surface area contributed by atoms with Gasteiger partial charge in [0.1, 0.15) is 0 Å². The van der Waals surface area contributed by atoms with Gasteiger partial charge < -0.3 is 9.90 Å². The molecule has 0 aliphatic carbocycles. The first kappa shape index (κ1) is 9.76. The minimum absolute atomic E-state index is 0.183. The van der Waals surface area contributed by atoms with Crippen molar-refractivity contribution in [2.24, 2.45) is 0 Å². The zero-order chi connectivity index (χ0) is 7.82. The van der Waals surface area contributed by atoms with Crippen molar-refractivity contribution < 1.29 is 9.90 Å². The molecule has 0 aliphatic heterocycles. The number of hydrogen-bond acceptors (Lipinski definition) is 2. The topological polar surface area (TPSA) is 40.1 Å². The third-order valence-corrected chi connectivity index (χ3v) is 1.53. The molecular formula is C7H12ClO2-. The van der Waals surface area contributed by atoms with Crippen LogP contribution in [0.15, 0.2) is 0 Å². The monoisotopic (exact) mass is 163 g/mol. The van der Waals surface area contributed by atoms with E-state index in [1.165, 1.54) is 0 Å². The Kier molecular flexibility index (Phi) is 6.71. The van der Waals surface area contributed by atoms with Crippen molar-refractivity contribution >= 4 is 17.6 Å². The first-order valence-corrected chi connectivity index (χ1v) is 4.06. The summed E-state index contributed by atoms with van der Waals surface area (Å²) >= 11 is 5.41. The second kappa shape index (κ2) is 6.87. The summed E-state index contributed by atoms with van der Waals surface area (Å²) in [6.07, 6.45) is 3.85. The summed E-state index contributed by atoms with van der Waals surface area (Å²) in [5, 5.41) is 9.89. The van der Waals surface area contributed by atoms with Crippen LogP contribution < -0.4 is 5.11 Å². The largest absolute Gasteiger partial charge is 0.550 e. The number of hydrogen-bond donors (Lipinski definition) is 0. The van der Waals surface area contributed by atoms with Gasteiger partial charge in [0.25, 0.3) is 0 Å². The normalized spacial score (nSPS) is 9.70. The van der Waals surface area contributed by atoms with Gasteiger partial charge in [-0.15, -0.1) is 11.6 Å². The number of halogens is 1. The second-order valence-electron chi connectivity index (χ2n) is 2.23. The molecule has 0 bridgehead atoms. The summed E-state index contributed by atoms with van der Waals surface area (Å²) in [6.45, 7) is 0. The average Bonchev–Trinajstić information content (AvgIpc) is 1.87. The molecule has 0 aliphatic rings. The number of carboxylic acid groups (broad SMARTS) is 1. The highest BCUT2D eigenvalue weighted by molar-refractivity contribution is 6.17. The molecule has 3 heteroatoms. The van der Waals surface area contributed by atoms with Crippen LogP contribution in [0.25, 0.3) is 0 Å². The molecule has 0 saturated heterocycles. The van der Waals surface area contributed by atoms with E-state index in [0.29, 0.717) is 5.88 Å². The van der Waals surface area contributed by atoms with Gasteiger partial charge in [0.05, 0.1) is 0 Å². The number of carbonyl (C=O) groups excluding carboxylic acids is 1.